The molecule has 9 heteroatoms. The normalized spacial score (nSPS) is 13.1. The highest BCUT2D eigenvalue weighted by atomic mass is 32.2. The van der Waals surface area contributed by atoms with Crippen molar-refractivity contribution in [3.05, 3.63) is 46.1 Å². The predicted molar refractivity (Wildman–Crippen MR) is 139 cm³/mol. The second-order valence-corrected chi connectivity index (χ2v) is 10.1. The van der Waals surface area contributed by atoms with E-state index in [1.165, 1.54) is 11.8 Å². The zero-order valence-corrected chi connectivity index (χ0v) is 22.4. The lowest BCUT2D eigenvalue weighted by atomic mass is 10.1. The zero-order chi connectivity index (χ0) is 25.6. The van der Waals surface area contributed by atoms with Gasteiger partial charge in [0, 0.05) is 11.4 Å². The van der Waals surface area contributed by atoms with Gasteiger partial charge in [-0.15, -0.1) is 11.8 Å². The molecule has 0 N–H and O–H groups in total. The van der Waals surface area contributed by atoms with Crippen LogP contribution < -0.4 is 10.3 Å². The number of aryl methyl sites for hydroxylation is 3. The minimum absolute atomic E-state index is 0.0858. The average Bonchev–Trinajstić information content (AvgIpc) is 3.19. The largest absolute Gasteiger partial charge is 0.492 e. The quantitative estimate of drug-likeness (QED) is 0.261. The van der Waals surface area contributed by atoms with Crippen molar-refractivity contribution in [3.8, 4) is 5.75 Å². The number of hydrogen-bond acceptors (Lipinski definition) is 7. The van der Waals surface area contributed by atoms with Crippen molar-refractivity contribution in [2.45, 2.75) is 83.5 Å². The molecule has 0 saturated heterocycles. The number of carbonyl (C=O) groups is 1. The van der Waals surface area contributed by atoms with E-state index in [0.29, 0.717) is 55.3 Å². The highest BCUT2D eigenvalue weighted by molar-refractivity contribution is 8.01. The van der Waals surface area contributed by atoms with Gasteiger partial charge in [0.05, 0.1) is 18.8 Å². The highest BCUT2D eigenvalue weighted by Gasteiger charge is 2.34. The molecular formula is C26H36N4O4S. The van der Waals surface area contributed by atoms with Crippen molar-refractivity contribution >= 4 is 28.8 Å². The Hall–Kier alpha value is -2.81. The number of rotatable bonds is 12. The third-order valence-electron chi connectivity index (χ3n) is 6.03. The van der Waals surface area contributed by atoms with Crippen molar-refractivity contribution in [1.29, 1.82) is 0 Å². The molecule has 0 aliphatic carbocycles. The summed E-state index contributed by atoms with van der Waals surface area (Å²) < 4.78 is 13.9. The number of esters is 1. The van der Waals surface area contributed by atoms with Gasteiger partial charge in [0.2, 0.25) is 0 Å². The van der Waals surface area contributed by atoms with E-state index >= 15 is 0 Å². The molecule has 3 aromatic rings. The number of fused-ring (bicyclic) bond motifs is 1. The van der Waals surface area contributed by atoms with Crippen molar-refractivity contribution in [2.24, 2.45) is 0 Å². The van der Waals surface area contributed by atoms with Crippen LogP contribution in [-0.2, 0) is 29.0 Å². The molecule has 8 nitrogen and oxygen atoms in total. The molecule has 0 saturated carbocycles. The topological polar surface area (TPSA) is 88.2 Å². The molecule has 1 aromatic carbocycles. The van der Waals surface area contributed by atoms with Crippen LogP contribution in [0.3, 0.4) is 0 Å². The number of benzene rings is 1. The van der Waals surface area contributed by atoms with Gasteiger partial charge in [0.25, 0.3) is 5.56 Å². The monoisotopic (exact) mass is 500 g/mol. The summed E-state index contributed by atoms with van der Waals surface area (Å²) >= 11 is 1.49. The maximum Gasteiger partial charge on any atom is 0.322 e. The first kappa shape index (κ1) is 26.8. The van der Waals surface area contributed by atoms with E-state index in [1.807, 2.05) is 58.9 Å². The van der Waals surface area contributed by atoms with Crippen molar-refractivity contribution in [2.75, 3.05) is 13.2 Å². The summed E-state index contributed by atoms with van der Waals surface area (Å²) in [6, 6.07) is 7.63. The molecule has 35 heavy (non-hydrogen) atoms. The van der Waals surface area contributed by atoms with Gasteiger partial charge in [-0.25, -0.2) is 4.98 Å². The molecule has 2 heterocycles. The summed E-state index contributed by atoms with van der Waals surface area (Å²) in [5, 5.41) is 4.61. The van der Waals surface area contributed by atoms with Crippen LogP contribution in [0.15, 0.2) is 34.0 Å². The minimum Gasteiger partial charge on any atom is -0.492 e. The standard InChI is InChI=1S/C26H36N4O4S/c1-7-11-21-22-23(30(9-3)28-21)24(31)29(18(5)27-22)16-17-34-19-12-14-20(15-13-19)35-26(6,8-2)25(32)33-10-4/h12-15H,7-11,16-17H2,1-6H3. The molecule has 0 bridgehead atoms. The smallest absolute Gasteiger partial charge is 0.322 e. The molecule has 190 valence electrons. The fourth-order valence-corrected chi connectivity index (χ4v) is 4.97. The maximum absolute atomic E-state index is 13.3. The van der Waals surface area contributed by atoms with E-state index < -0.39 is 4.75 Å². The average molecular weight is 501 g/mol. The molecule has 2 aromatic heterocycles. The number of hydrogen-bond donors (Lipinski definition) is 0. The lowest BCUT2D eigenvalue weighted by molar-refractivity contribution is -0.145. The maximum atomic E-state index is 13.3. The van der Waals surface area contributed by atoms with Crippen molar-refractivity contribution < 1.29 is 14.3 Å². The summed E-state index contributed by atoms with van der Waals surface area (Å²) in [7, 11) is 0. The summed E-state index contributed by atoms with van der Waals surface area (Å²) in [5.74, 6) is 1.15. The molecule has 0 aliphatic rings. The van der Waals surface area contributed by atoms with E-state index in [9.17, 15) is 9.59 Å². The van der Waals surface area contributed by atoms with Crippen molar-refractivity contribution in [1.82, 2.24) is 19.3 Å². The predicted octanol–water partition coefficient (Wildman–Crippen LogP) is 4.78. The van der Waals surface area contributed by atoms with E-state index in [1.54, 1.807) is 9.25 Å². The zero-order valence-electron chi connectivity index (χ0n) is 21.6. The summed E-state index contributed by atoms with van der Waals surface area (Å²) in [4.78, 5) is 31.3. The van der Waals surface area contributed by atoms with E-state index in [-0.39, 0.29) is 11.5 Å². The number of carbonyl (C=O) groups excluding carboxylic acids is 1. The van der Waals surface area contributed by atoms with E-state index in [4.69, 9.17) is 14.5 Å². The molecule has 0 amide bonds. The number of nitrogens with zero attached hydrogens (tertiary/aromatic N) is 4. The third kappa shape index (κ3) is 5.89. The number of aromatic nitrogens is 4. The van der Waals surface area contributed by atoms with E-state index in [2.05, 4.69) is 12.0 Å². The molecule has 1 atom stereocenters. The Bertz CT molecular complexity index is 1220. The van der Waals surface area contributed by atoms with Gasteiger partial charge in [-0.2, -0.15) is 5.10 Å². The lowest BCUT2D eigenvalue weighted by Crippen LogP contribution is -2.32. The third-order valence-corrected chi connectivity index (χ3v) is 7.44. The van der Waals surface area contributed by atoms with Crippen LogP contribution in [0.25, 0.3) is 11.0 Å². The summed E-state index contributed by atoms with van der Waals surface area (Å²) in [5.41, 5.74) is 2.07. The van der Waals surface area contributed by atoms with Crippen LogP contribution in [0.4, 0.5) is 0 Å². The van der Waals surface area contributed by atoms with Gasteiger partial charge >= 0.3 is 5.97 Å². The lowest BCUT2D eigenvalue weighted by Gasteiger charge is -2.25. The molecule has 0 aliphatic heterocycles. The van der Waals surface area contributed by atoms with Gasteiger partial charge in [-0.1, -0.05) is 20.3 Å². The molecule has 0 spiro atoms. The fourth-order valence-electron chi connectivity index (χ4n) is 3.89. The molecule has 0 fully saturated rings. The van der Waals surface area contributed by atoms with Crippen LogP contribution >= 0.6 is 11.8 Å². The van der Waals surface area contributed by atoms with Crippen LogP contribution in [-0.4, -0.2) is 43.3 Å². The van der Waals surface area contributed by atoms with Crippen LogP contribution in [0.2, 0.25) is 0 Å². The Morgan fingerprint density at radius 1 is 1.14 bits per heavy atom. The van der Waals surface area contributed by atoms with Gasteiger partial charge < -0.3 is 9.47 Å². The molecule has 3 rings (SSSR count). The Kier molecular flexibility index (Phi) is 8.99. The fraction of sp³-hybridized carbons (Fsp3) is 0.538. The van der Waals surface area contributed by atoms with Crippen molar-refractivity contribution in [3.63, 3.8) is 0 Å². The Labute approximate surface area is 211 Å². The Morgan fingerprint density at radius 2 is 1.86 bits per heavy atom. The Morgan fingerprint density at radius 3 is 2.46 bits per heavy atom. The van der Waals surface area contributed by atoms with Crippen LogP contribution in [0.5, 0.6) is 5.75 Å². The molecule has 1 unspecified atom stereocenters. The second kappa shape index (κ2) is 11.7. The summed E-state index contributed by atoms with van der Waals surface area (Å²) in [6.45, 7) is 13.3. The Balaban J connectivity index is 1.70. The van der Waals surface area contributed by atoms with Gasteiger partial charge in [0.15, 0.2) is 5.52 Å². The van der Waals surface area contributed by atoms with Gasteiger partial charge in [-0.05, 0) is 64.8 Å². The number of ether oxygens (including phenoxy) is 2. The molecule has 0 radical (unpaired) electrons. The minimum atomic E-state index is -0.634. The van der Waals surface area contributed by atoms with Crippen LogP contribution in [0, 0.1) is 6.92 Å². The SMILES string of the molecule is CCCc1nn(CC)c2c(=O)n(CCOc3ccc(SC(C)(CC)C(=O)OCC)cc3)c(C)nc12. The first-order chi connectivity index (χ1) is 16.8. The highest BCUT2D eigenvalue weighted by Crippen LogP contribution is 2.37. The van der Waals surface area contributed by atoms with Gasteiger partial charge in [-0.3, -0.25) is 18.8 Å². The first-order valence-corrected chi connectivity index (χ1v) is 13.1. The second-order valence-electron chi connectivity index (χ2n) is 8.55. The first-order valence-electron chi connectivity index (χ1n) is 12.3. The van der Waals surface area contributed by atoms with Crippen LogP contribution in [0.1, 0.15) is 59.0 Å². The van der Waals surface area contributed by atoms with E-state index in [0.717, 1.165) is 23.4 Å². The number of thioether (sulfide) groups is 1. The summed E-state index contributed by atoms with van der Waals surface area (Å²) in [6.07, 6.45) is 2.41. The van der Waals surface area contributed by atoms with Gasteiger partial charge in [0.1, 0.15) is 28.4 Å². The molecular weight excluding hydrogens is 464 g/mol.